The van der Waals surface area contributed by atoms with Crippen molar-refractivity contribution in [1.82, 2.24) is 4.57 Å². The molecule has 3 nitrogen and oxygen atoms in total. The van der Waals surface area contributed by atoms with Crippen LogP contribution in [0.1, 0.15) is 16.1 Å². The van der Waals surface area contributed by atoms with Gasteiger partial charge in [-0.3, -0.25) is 0 Å². The fourth-order valence-electron chi connectivity index (χ4n) is 1.72. The van der Waals surface area contributed by atoms with Gasteiger partial charge in [-0.15, -0.1) is 0 Å². The van der Waals surface area contributed by atoms with Crippen LogP contribution in [0.5, 0.6) is 0 Å². The molecule has 0 bridgehead atoms. The minimum atomic E-state index is -0.942. The predicted octanol–water partition coefficient (Wildman–Crippen LogP) is 2.84. The average molecular weight is 224 g/mol. The third-order valence-corrected chi connectivity index (χ3v) is 2.79. The molecule has 1 heterocycles. The molecule has 0 spiro atoms. The van der Waals surface area contributed by atoms with Gasteiger partial charge in [-0.25, -0.2) is 4.79 Å². The number of aromatic carboxylic acids is 1. The maximum absolute atomic E-state index is 10.9. The van der Waals surface area contributed by atoms with Gasteiger partial charge in [0.15, 0.2) is 0 Å². The van der Waals surface area contributed by atoms with Crippen molar-refractivity contribution in [2.24, 2.45) is 7.05 Å². The summed E-state index contributed by atoms with van der Waals surface area (Å²) in [6.45, 7) is 1.93. The van der Waals surface area contributed by atoms with Gasteiger partial charge in [-0.1, -0.05) is 11.6 Å². The second-order valence-corrected chi connectivity index (χ2v) is 3.98. The van der Waals surface area contributed by atoms with Crippen LogP contribution >= 0.6 is 11.6 Å². The Bertz CT molecular complexity index is 557. The van der Waals surface area contributed by atoms with Crippen molar-refractivity contribution >= 4 is 28.5 Å². The lowest BCUT2D eigenvalue weighted by Crippen LogP contribution is -2.03. The van der Waals surface area contributed by atoms with E-state index in [1.54, 1.807) is 17.7 Å². The molecule has 2 aromatic rings. The molecule has 1 aromatic heterocycles. The smallest absolute Gasteiger partial charge is 0.352 e. The maximum atomic E-state index is 10.9. The molecule has 4 heteroatoms. The van der Waals surface area contributed by atoms with Gasteiger partial charge in [-0.05, 0) is 30.7 Å². The molecular weight excluding hydrogens is 214 g/mol. The molecule has 0 saturated heterocycles. The number of halogens is 1. The standard InChI is InChI=1S/C11H10ClNO2/c1-6-3-8(12)7-5-10(11(14)15)13(2)9(7)4-6/h3-5H,1-2H3,(H,14,15). The number of benzene rings is 1. The number of hydrogen-bond donors (Lipinski definition) is 1. The van der Waals surface area contributed by atoms with Gasteiger partial charge >= 0.3 is 5.97 Å². The normalized spacial score (nSPS) is 10.9. The van der Waals surface area contributed by atoms with Crippen molar-refractivity contribution in [2.75, 3.05) is 0 Å². The van der Waals surface area contributed by atoms with Crippen molar-refractivity contribution in [3.63, 3.8) is 0 Å². The summed E-state index contributed by atoms with van der Waals surface area (Å²) < 4.78 is 1.64. The summed E-state index contributed by atoms with van der Waals surface area (Å²) in [5, 5.41) is 10.3. The Balaban J connectivity index is 2.88. The van der Waals surface area contributed by atoms with Crippen molar-refractivity contribution in [2.45, 2.75) is 6.92 Å². The number of fused-ring (bicyclic) bond motifs is 1. The molecule has 0 saturated carbocycles. The van der Waals surface area contributed by atoms with Crippen LogP contribution in [0.3, 0.4) is 0 Å². The summed E-state index contributed by atoms with van der Waals surface area (Å²) in [4.78, 5) is 10.9. The number of nitrogens with zero attached hydrogens (tertiary/aromatic N) is 1. The zero-order valence-corrected chi connectivity index (χ0v) is 9.17. The van der Waals surface area contributed by atoms with Gasteiger partial charge in [0.2, 0.25) is 0 Å². The van der Waals surface area contributed by atoms with Crippen molar-refractivity contribution in [3.05, 3.63) is 34.5 Å². The lowest BCUT2D eigenvalue weighted by atomic mass is 10.2. The predicted molar refractivity (Wildman–Crippen MR) is 59.6 cm³/mol. The summed E-state index contributed by atoms with van der Waals surface area (Å²) in [6.07, 6.45) is 0. The number of carbonyl (C=O) groups is 1. The van der Waals surface area contributed by atoms with Crippen molar-refractivity contribution in [1.29, 1.82) is 0 Å². The minimum absolute atomic E-state index is 0.248. The van der Waals surface area contributed by atoms with Crippen molar-refractivity contribution < 1.29 is 9.90 Å². The molecule has 0 fully saturated rings. The first-order chi connectivity index (χ1) is 7.00. The Morgan fingerprint density at radius 2 is 2.07 bits per heavy atom. The Labute approximate surface area is 91.9 Å². The van der Waals surface area contributed by atoms with Crippen LogP contribution in [-0.2, 0) is 7.05 Å². The van der Waals surface area contributed by atoms with E-state index in [0.717, 1.165) is 16.5 Å². The van der Waals surface area contributed by atoms with E-state index >= 15 is 0 Å². The van der Waals surface area contributed by atoms with E-state index in [1.165, 1.54) is 0 Å². The Kier molecular flexibility index (Phi) is 2.20. The first-order valence-electron chi connectivity index (χ1n) is 4.49. The van der Waals surface area contributed by atoms with Crippen LogP contribution in [0.25, 0.3) is 10.9 Å². The van der Waals surface area contributed by atoms with Crippen LogP contribution in [0.15, 0.2) is 18.2 Å². The van der Waals surface area contributed by atoms with Crippen molar-refractivity contribution in [3.8, 4) is 0 Å². The van der Waals surface area contributed by atoms with Gasteiger partial charge in [-0.2, -0.15) is 0 Å². The van der Waals surface area contributed by atoms with E-state index in [4.69, 9.17) is 16.7 Å². The first-order valence-corrected chi connectivity index (χ1v) is 4.87. The number of aryl methyl sites for hydroxylation is 2. The quantitative estimate of drug-likeness (QED) is 0.808. The van der Waals surface area contributed by atoms with E-state index in [-0.39, 0.29) is 5.69 Å². The van der Waals surface area contributed by atoms with Crippen LogP contribution in [0, 0.1) is 6.92 Å². The van der Waals surface area contributed by atoms with E-state index in [9.17, 15) is 4.79 Å². The second kappa shape index (κ2) is 3.28. The topological polar surface area (TPSA) is 42.2 Å². The molecule has 15 heavy (non-hydrogen) atoms. The molecule has 0 aliphatic rings. The van der Waals surface area contributed by atoms with Crippen LogP contribution in [-0.4, -0.2) is 15.6 Å². The molecular formula is C11H10ClNO2. The highest BCUT2D eigenvalue weighted by Crippen LogP contribution is 2.27. The monoisotopic (exact) mass is 223 g/mol. The summed E-state index contributed by atoms with van der Waals surface area (Å²) in [7, 11) is 1.72. The largest absolute Gasteiger partial charge is 0.477 e. The highest BCUT2D eigenvalue weighted by atomic mass is 35.5. The molecule has 1 aromatic carbocycles. The lowest BCUT2D eigenvalue weighted by molar-refractivity contribution is 0.0687. The molecule has 1 N–H and O–H groups in total. The average Bonchev–Trinajstić information content (AvgIpc) is 2.44. The Morgan fingerprint density at radius 3 is 2.67 bits per heavy atom. The number of carboxylic acid groups (broad SMARTS) is 1. The third kappa shape index (κ3) is 1.49. The molecule has 0 amide bonds. The highest BCUT2D eigenvalue weighted by Gasteiger charge is 2.13. The fraction of sp³-hybridized carbons (Fsp3) is 0.182. The van der Waals surface area contributed by atoms with Crippen LogP contribution in [0.4, 0.5) is 0 Å². The Morgan fingerprint density at radius 1 is 1.40 bits per heavy atom. The molecule has 2 rings (SSSR count). The summed E-state index contributed by atoms with van der Waals surface area (Å²) >= 11 is 6.05. The van der Waals surface area contributed by atoms with Gasteiger partial charge in [0.1, 0.15) is 5.69 Å². The molecule has 0 radical (unpaired) electrons. The summed E-state index contributed by atoms with van der Waals surface area (Å²) in [6, 6.07) is 5.35. The number of hydrogen-bond acceptors (Lipinski definition) is 1. The van der Waals surface area contributed by atoms with Crippen LogP contribution < -0.4 is 0 Å². The lowest BCUT2D eigenvalue weighted by Gasteiger charge is -2.01. The maximum Gasteiger partial charge on any atom is 0.352 e. The van der Waals surface area contributed by atoms with E-state index in [1.807, 2.05) is 19.1 Å². The molecule has 0 aliphatic carbocycles. The number of rotatable bonds is 1. The van der Waals surface area contributed by atoms with Crippen LogP contribution in [0.2, 0.25) is 5.02 Å². The van der Waals surface area contributed by atoms with Gasteiger partial charge in [0.25, 0.3) is 0 Å². The zero-order chi connectivity index (χ0) is 11.2. The Hall–Kier alpha value is -1.48. The third-order valence-electron chi connectivity index (χ3n) is 2.47. The zero-order valence-electron chi connectivity index (χ0n) is 8.41. The number of carboxylic acids is 1. The van der Waals surface area contributed by atoms with E-state index in [2.05, 4.69) is 0 Å². The molecule has 0 atom stereocenters. The SMILES string of the molecule is Cc1cc(Cl)c2cc(C(=O)O)n(C)c2c1. The second-order valence-electron chi connectivity index (χ2n) is 3.57. The first kappa shape index (κ1) is 10.1. The number of aromatic nitrogens is 1. The van der Waals surface area contributed by atoms with Gasteiger partial charge < -0.3 is 9.67 Å². The summed E-state index contributed by atoms with van der Waals surface area (Å²) in [5.74, 6) is -0.942. The van der Waals surface area contributed by atoms with E-state index in [0.29, 0.717) is 5.02 Å². The molecule has 0 aliphatic heterocycles. The minimum Gasteiger partial charge on any atom is -0.477 e. The molecule has 0 unspecified atom stereocenters. The summed E-state index contributed by atoms with van der Waals surface area (Å²) in [5.41, 5.74) is 2.11. The van der Waals surface area contributed by atoms with Gasteiger partial charge in [0.05, 0.1) is 10.5 Å². The van der Waals surface area contributed by atoms with Gasteiger partial charge in [0, 0.05) is 12.4 Å². The fourth-order valence-corrected chi connectivity index (χ4v) is 2.05. The highest BCUT2D eigenvalue weighted by molar-refractivity contribution is 6.35. The van der Waals surface area contributed by atoms with E-state index < -0.39 is 5.97 Å². The molecule has 78 valence electrons.